The van der Waals surface area contributed by atoms with Crippen LogP contribution in [0.15, 0.2) is 22.7 Å². The zero-order chi connectivity index (χ0) is 14.5. The summed E-state index contributed by atoms with van der Waals surface area (Å²) in [7, 11) is 0. The van der Waals surface area contributed by atoms with Crippen LogP contribution in [0, 0.1) is 11.7 Å². The van der Waals surface area contributed by atoms with Gasteiger partial charge in [-0.05, 0) is 40.5 Å². The lowest BCUT2D eigenvalue weighted by atomic mass is 10.2. The Labute approximate surface area is 130 Å². The molecule has 1 N–H and O–H groups in total. The van der Waals surface area contributed by atoms with Crippen LogP contribution in [0.1, 0.15) is 18.9 Å². The van der Waals surface area contributed by atoms with E-state index in [9.17, 15) is 4.39 Å². The van der Waals surface area contributed by atoms with Gasteiger partial charge in [0, 0.05) is 17.4 Å². The van der Waals surface area contributed by atoms with Crippen LogP contribution in [0.4, 0.5) is 4.39 Å². The van der Waals surface area contributed by atoms with Crippen LogP contribution in [0.3, 0.4) is 0 Å². The van der Waals surface area contributed by atoms with Crippen molar-refractivity contribution >= 4 is 27.3 Å². The van der Waals surface area contributed by atoms with Crippen LogP contribution < -0.4 is 5.32 Å². The van der Waals surface area contributed by atoms with E-state index in [1.54, 1.807) is 6.07 Å². The average molecular weight is 358 g/mol. The molecule has 0 bridgehead atoms. The minimum Gasteiger partial charge on any atom is -0.316 e. The number of hydrogen-bond acceptors (Lipinski definition) is 4. The number of aromatic nitrogens is 2. The molecule has 0 saturated carbocycles. The Hall–Kier alpha value is -0.850. The van der Waals surface area contributed by atoms with Crippen molar-refractivity contribution in [2.24, 2.45) is 5.92 Å². The van der Waals surface area contributed by atoms with Crippen molar-refractivity contribution in [3.63, 3.8) is 0 Å². The monoisotopic (exact) mass is 357 g/mol. The highest BCUT2D eigenvalue weighted by Gasteiger charge is 2.14. The third-order valence-corrected chi connectivity index (χ3v) is 4.37. The lowest BCUT2D eigenvalue weighted by Crippen LogP contribution is -2.22. The fraction of sp³-hybridized carbons (Fsp3) is 0.429. The van der Waals surface area contributed by atoms with Crippen molar-refractivity contribution in [1.82, 2.24) is 15.5 Å². The van der Waals surface area contributed by atoms with Gasteiger partial charge in [-0.3, -0.25) is 0 Å². The van der Waals surface area contributed by atoms with Gasteiger partial charge in [-0.1, -0.05) is 31.3 Å². The molecular weight excluding hydrogens is 341 g/mol. The molecule has 0 aliphatic heterocycles. The van der Waals surface area contributed by atoms with Gasteiger partial charge in [0.15, 0.2) is 5.01 Å². The van der Waals surface area contributed by atoms with E-state index in [4.69, 9.17) is 0 Å². The van der Waals surface area contributed by atoms with E-state index < -0.39 is 0 Å². The van der Waals surface area contributed by atoms with Gasteiger partial charge in [0.25, 0.3) is 0 Å². The standard InChI is InChI=1S/C14H17BrFN3S/c1-9(2)8-17-7-6-12-18-19-14(20-12)13-10(15)4-3-5-11(13)16/h3-5,9,17H,6-8H2,1-2H3. The maximum absolute atomic E-state index is 13.8. The van der Waals surface area contributed by atoms with Gasteiger partial charge in [-0.25, -0.2) is 4.39 Å². The minimum atomic E-state index is -0.278. The van der Waals surface area contributed by atoms with Crippen LogP contribution in [-0.2, 0) is 6.42 Å². The molecule has 6 heteroatoms. The molecule has 0 spiro atoms. The summed E-state index contributed by atoms with van der Waals surface area (Å²) in [5.74, 6) is 0.356. The van der Waals surface area contributed by atoms with Gasteiger partial charge in [-0.2, -0.15) is 0 Å². The summed E-state index contributed by atoms with van der Waals surface area (Å²) in [5.41, 5.74) is 0.492. The van der Waals surface area contributed by atoms with E-state index in [0.717, 1.165) is 24.5 Å². The van der Waals surface area contributed by atoms with E-state index >= 15 is 0 Å². The predicted octanol–water partition coefficient (Wildman–Crippen LogP) is 3.89. The van der Waals surface area contributed by atoms with Gasteiger partial charge >= 0.3 is 0 Å². The van der Waals surface area contributed by atoms with Crippen molar-refractivity contribution in [2.75, 3.05) is 13.1 Å². The Morgan fingerprint density at radius 2 is 2.15 bits per heavy atom. The average Bonchev–Trinajstić information content (AvgIpc) is 2.83. The molecular formula is C14H17BrFN3S. The molecule has 108 valence electrons. The Kier molecular flexibility index (Phi) is 5.63. The van der Waals surface area contributed by atoms with Gasteiger partial charge in [0.2, 0.25) is 0 Å². The Morgan fingerprint density at radius 1 is 1.35 bits per heavy atom. The molecule has 0 fully saturated rings. The van der Waals surface area contributed by atoms with Crippen LogP contribution in [-0.4, -0.2) is 23.3 Å². The maximum atomic E-state index is 13.8. The Balaban J connectivity index is 2.02. The Bertz CT molecular complexity index is 551. The lowest BCUT2D eigenvalue weighted by Gasteiger charge is -2.05. The smallest absolute Gasteiger partial charge is 0.151 e. The Morgan fingerprint density at radius 3 is 2.85 bits per heavy atom. The summed E-state index contributed by atoms with van der Waals surface area (Å²) in [4.78, 5) is 0. The summed E-state index contributed by atoms with van der Waals surface area (Å²) >= 11 is 4.80. The molecule has 0 saturated heterocycles. The van der Waals surface area contributed by atoms with Crippen molar-refractivity contribution in [3.05, 3.63) is 33.5 Å². The minimum absolute atomic E-state index is 0.278. The molecule has 0 aliphatic carbocycles. The molecule has 0 radical (unpaired) electrons. The fourth-order valence-electron chi connectivity index (χ4n) is 1.74. The van der Waals surface area contributed by atoms with Crippen LogP contribution in [0.25, 0.3) is 10.6 Å². The molecule has 2 rings (SSSR count). The highest BCUT2D eigenvalue weighted by Crippen LogP contribution is 2.32. The number of halogens is 2. The molecule has 3 nitrogen and oxygen atoms in total. The SMILES string of the molecule is CC(C)CNCCc1nnc(-c2c(F)cccc2Br)s1. The van der Waals surface area contributed by atoms with Crippen molar-refractivity contribution in [3.8, 4) is 10.6 Å². The number of benzene rings is 1. The van der Waals surface area contributed by atoms with E-state index in [2.05, 4.69) is 45.3 Å². The predicted molar refractivity (Wildman–Crippen MR) is 84.4 cm³/mol. The number of nitrogens with one attached hydrogen (secondary N) is 1. The van der Waals surface area contributed by atoms with Crippen LogP contribution >= 0.6 is 27.3 Å². The highest BCUT2D eigenvalue weighted by atomic mass is 79.9. The van der Waals surface area contributed by atoms with Crippen LogP contribution in [0.5, 0.6) is 0 Å². The summed E-state index contributed by atoms with van der Waals surface area (Å²) in [6.07, 6.45) is 0.816. The quantitative estimate of drug-likeness (QED) is 0.796. The third-order valence-electron chi connectivity index (χ3n) is 2.71. The number of nitrogens with zero attached hydrogens (tertiary/aromatic N) is 2. The topological polar surface area (TPSA) is 37.8 Å². The maximum Gasteiger partial charge on any atom is 0.151 e. The zero-order valence-electron chi connectivity index (χ0n) is 11.5. The van der Waals surface area contributed by atoms with Gasteiger partial charge in [0.05, 0.1) is 5.56 Å². The molecule has 1 aromatic heterocycles. The van der Waals surface area contributed by atoms with E-state index in [-0.39, 0.29) is 5.82 Å². The van der Waals surface area contributed by atoms with E-state index in [1.807, 2.05) is 6.07 Å². The lowest BCUT2D eigenvalue weighted by molar-refractivity contribution is 0.553. The van der Waals surface area contributed by atoms with Crippen LogP contribution in [0.2, 0.25) is 0 Å². The summed E-state index contributed by atoms with van der Waals surface area (Å²) in [6, 6.07) is 4.91. The van der Waals surface area contributed by atoms with E-state index in [1.165, 1.54) is 17.4 Å². The van der Waals surface area contributed by atoms with Crippen molar-refractivity contribution in [1.29, 1.82) is 0 Å². The number of hydrogen-bond donors (Lipinski definition) is 1. The molecule has 0 unspecified atom stereocenters. The fourth-order valence-corrected chi connectivity index (χ4v) is 3.30. The van der Waals surface area contributed by atoms with Gasteiger partial charge in [0.1, 0.15) is 10.8 Å². The first kappa shape index (κ1) is 15.5. The van der Waals surface area contributed by atoms with Crippen molar-refractivity contribution < 1.29 is 4.39 Å². The second-order valence-electron chi connectivity index (χ2n) is 4.95. The highest BCUT2D eigenvalue weighted by molar-refractivity contribution is 9.10. The first-order valence-corrected chi connectivity index (χ1v) is 8.16. The second kappa shape index (κ2) is 7.24. The normalized spacial score (nSPS) is 11.2. The van der Waals surface area contributed by atoms with Gasteiger partial charge < -0.3 is 5.32 Å². The number of rotatable bonds is 6. The van der Waals surface area contributed by atoms with Gasteiger partial charge in [-0.15, -0.1) is 10.2 Å². The molecule has 1 aromatic carbocycles. The first-order chi connectivity index (χ1) is 9.58. The first-order valence-electron chi connectivity index (χ1n) is 6.55. The largest absolute Gasteiger partial charge is 0.316 e. The third kappa shape index (κ3) is 4.07. The molecule has 0 atom stereocenters. The zero-order valence-corrected chi connectivity index (χ0v) is 13.9. The van der Waals surface area contributed by atoms with Crippen molar-refractivity contribution in [2.45, 2.75) is 20.3 Å². The summed E-state index contributed by atoms with van der Waals surface area (Å²) in [6.45, 7) is 6.20. The molecule has 2 aromatic rings. The summed E-state index contributed by atoms with van der Waals surface area (Å²) in [5, 5.41) is 13.1. The molecule has 0 aliphatic rings. The second-order valence-corrected chi connectivity index (χ2v) is 6.86. The molecule has 0 amide bonds. The summed E-state index contributed by atoms with van der Waals surface area (Å²) < 4.78 is 14.5. The molecule has 20 heavy (non-hydrogen) atoms. The molecule has 1 heterocycles. The van der Waals surface area contributed by atoms with E-state index in [0.29, 0.717) is 21.0 Å².